The van der Waals surface area contributed by atoms with E-state index in [9.17, 15) is 26.7 Å². The zero-order chi connectivity index (χ0) is 14.8. The normalized spacial score (nSPS) is 12.4. The molecule has 0 saturated heterocycles. The van der Waals surface area contributed by atoms with Gasteiger partial charge in [-0.2, -0.15) is 22.0 Å². The van der Waals surface area contributed by atoms with E-state index in [0.717, 1.165) is 11.5 Å². The number of hydrogen-bond acceptors (Lipinski definition) is 1. The minimum Gasteiger partial charge on any atom is -0.336 e. The van der Waals surface area contributed by atoms with E-state index in [1.807, 2.05) is 0 Å². The van der Waals surface area contributed by atoms with Crippen LogP contribution in [0.1, 0.15) is 5.56 Å². The van der Waals surface area contributed by atoms with Crippen molar-refractivity contribution in [1.29, 1.82) is 0 Å². The average molecular weight is 346 g/mol. The molecule has 1 aromatic carbocycles. The molecule has 8 heteroatoms. The number of carbonyl (C=O) groups is 1. The Labute approximate surface area is 114 Å². The number of amides is 1. The van der Waals surface area contributed by atoms with Gasteiger partial charge in [0.25, 0.3) is 0 Å². The van der Waals surface area contributed by atoms with Gasteiger partial charge >= 0.3 is 18.0 Å². The van der Waals surface area contributed by atoms with E-state index in [0.29, 0.717) is 10.5 Å². The third kappa shape index (κ3) is 3.65. The summed E-state index contributed by atoms with van der Waals surface area (Å²) < 4.78 is 62.5. The van der Waals surface area contributed by atoms with E-state index in [2.05, 4.69) is 15.9 Å². The first kappa shape index (κ1) is 15.9. The quantitative estimate of drug-likeness (QED) is 0.766. The lowest BCUT2D eigenvalue weighted by molar-refractivity contribution is -0.274. The summed E-state index contributed by atoms with van der Waals surface area (Å²) in [4.78, 5) is 11.5. The van der Waals surface area contributed by atoms with Crippen molar-refractivity contribution < 1.29 is 26.7 Å². The minimum absolute atomic E-state index is 0.336. The highest BCUT2D eigenvalue weighted by atomic mass is 79.9. The molecule has 0 saturated carbocycles. The van der Waals surface area contributed by atoms with E-state index in [-0.39, 0.29) is 6.54 Å². The van der Waals surface area contributed by atoms with Crippen LogP contribution in [0, 0.1) is 0 Å². The number of nitrogens with zero attached hydrogens (tertiary/aromatic N) is 1. The van der Waals surface area contributed by atoms with Gasteiger partial charge in [-0.15, -0.1) is 0 Å². The molecule has 0 fully saturated rings. The van der Waals surface area contributed by atoms with Crippen LogP contribution in [0.5, 0.6) is 0 Å². The van der Waals surface area contributed by atoms with Crippen molar-refractivity contribution in [3.8, 4) is 0 Å². The van der Waals surface area contributed by atoms with Gasteiger partial charge in [0.1, 0.15) is 0 Å². The Morgan fingerprint density at radius 1 is 1.16 bits per heavy atom. The number of carbonyl (C=O) groups excluding carboxylic acids is 1. The third-order valence-corrected chi connectivity index (χ3v) is 2.83. The lowest BCUT2D eigenvalue weighted by atomic mass is 10.2. The Hall–Kier alpha value is -1.18. The summed E-state index contributed by atoms with van der Waals surface area (Å²) in [7, 11) is 0.893. The van der Waals surface area contributed by atoms with Crippen LogP contribution in [0.2, 0.25) is 0 Å². The lowest BCUT2D eigenvalue weighted by Crippen LogP contribution is -2.50. The van der Waals surface area contributed by atoms with Crippen LogP contribution < -0.4 is 0 Å². The average Bonchev–Trinajstić information content (AvgIpc) is 2.29. The zero-order valence-corrected chi connectivity index (χ0v) is 11.2. The van der Waals surface area contributed by atoms with Crippen LogP contribution in [0.3, 0.4) is 0 Å². The van der Waals surface area contributed by atoms with Crippen LogP contribution in [0.25, 0.3) is 0 Å². The summed E-state index contributed by atoms with van der Waals surface area (Å²) in [5.74, 6) is -7.65. The number of benzene rings is 1. The van der Waals surface area contributed by atoms with E-state index >= 15 is 0 Å². The molecule has 1 aromatic rings. The number of halogens is 6. The van der Waals surface area contributed by atoms with E-state index in [1.165, 1.54) is 12.1 Å². The monoisotopic (exact) mass is 345 g/mol. The molecule has 0 radical (unpaired) electrons. The molecule has 0 aliphatic carbocycles. The second-order valence-corrected chi connectivity index (χ2v) is 4.78. The Bertz CT molecular complexity index is 457. The summed E-state index contributed by atoms with van der Waals surface area (Å²) in [6.45, 7) is -0.336. The van der Waals surface area contributed by atoms with Crippen molar-refractivity contribution in [3.63, 3.8) is 0 Å². The van der Waals surface area contributed by atoms with E-state index in [1.54, 1.807) is 12.1 Å². The van der Waals surface area contributed by atoms with Crippen molar-refractivity contribution in [2.24, 2.45) is 0 Å². The van der Waals surface area contributed by atoms with E-state index in [4.69, 9.17) is 0 Å². The Kier molecular flexibility index (Phi) is 4.54. The van der Waals surface area contributed by atoms with Crippen LogP contribution in [-0.4, -0.2) is 30.0 Å². The highest BCUT2D eigenvalue weighted by Crippen LogP contribution is 2.36. The van der Waals surface area contributed by atoms with Gasteiger partial charge in [-0.05, 0) is 17.7 Å². The van der Waals surface area contributed by atoms with Gasteiger partial charge in [0.15, 0.2) is 0 Å². The smallest absolute Gasteiger partial charge is 0.336 e. The van der Waals surface area contributed by atoms with Crippen LogP contribution in [-0.2, 0) is 11.3 Å². The van der Waals surface area contributed by atoms with Crippen molar-refractivity contribution in [2.45, 2.75) is 18.6 Å². The van der Waals surface area contributed by atoms with Crippen LogP contribution in [0.4, 0.5) is 22.0 Å². The topological polar surface area (TPSA) is 20.3 Å². The largest absolute Gasteiger partial charge is 0.463 e. The first-order valence-corrected chi connectivity index (χ1v) is 5.79. The minimum atomic E-state index is -5.89. The molecular formula is C11H9BrF5NO. The maximum absolute atomic E-state index is 12.8. The molecule has 0 aromatic heterocycles. The Morgan fingerprint density at radius 2 is 1.63 bits per heavy atom. The highest BCUT2D eigenvalue weighted by molar-refractivity contribution is 9.10. The molecule has 0 N–H and O–H groups in total. The van der Waals surface area contributed by atoms with Crippen LogP contribution >= 0.6 is 15.9 Å². The van der Waals surface area contributed by atoms with E-state index < -0.39 is 18.0 Å². The Morgan fingerprint density at radius 3 is 2.05 bits per heavy atom. The summed E-state index contributed by atoms with van der Waals surface area (Å²) in [6.07, 6.45) is -5.89. The third-order valence-electron chi connectivity index (χ3n) is 2.30. The predicted molar refractivity (Wildman–Crippen MR) is 61.6 cm³/mol. The summed E-state index contributed by atoms with van der Waals surface area (Å²) in [6, 6.07) is 6.21. The molecule has 0 atom stereocenters. The molecule has 1 rings (SSSR count). The second kappa shape index (κ2) is 5.44. The molecule has 0 unspecified atom stereocenters. The molecule has 2 nitrogen and oxygen atoms in total. The van der Waals surface area contributed by atoms with Crippen LogP contribution in [0.15, 0.2) is 28.7 Å². The predicted octanol–water partition coefficient (Wildman–Crippen LogP) is 3.61. The fourth-order valence-corrected chi connectivity index (χ4v) is 1.56. The summed E-state index contributed by atoms with van der Waals surface area (Å²) in [5.41, 5.74) is 0.442. The molecule has 106 valence electrons. The van der Waals surface area contributed by atoms with Crippen molar-refractivity contribution >= 4 is 21.8 Å². The van der Waals surface area contributed by atoms with Crippen molar-refractivity contribution in [1.82, 2.24) is 4.90 Å². The first-order valence-electron chi connectivity index (χ1n) is 5.00. The molecule has 19 heavy (non-hydrogen) atoms. The first-order chi connectivity index (χ1) is 8.55. The number of alkyl halides is 5. The molecular weight excluding hydrogens is 337 g/mol. The standard InChI is InChI=1S/C11H9BrF5NO/c1-18(6-7-2-4-8(12)5-3-7)9(19)10(13,14)11(15,16)17/h2-5H,6H2,1H3. The molecule has 0 spiro atoms. The van der Waals surface area contributed by atoms with Gasteiger partial charge in [-0.25, -0.2) is 0 Å². The lowest BCUT2D eigenvalue weighted by Gasteiger charge is -2.24. The van der Waals surface area contributed by atoms with Gasteiger partial charge in [-0.3, -0.25) is 4.79 Å². The molecule has 0 aliphatic heterocycles. The highest BCUT2D eigenvalue weighted by Gasteiger charge is 2.64. The Balaban J connectivity index is 2.81. The molecule has 0 bridgehead atoms. The van der Waals surface area contributed by atoms with Crippen molar-refractivity contribution in [2.75, 3.05) is 7.05 Å². The fraction of sp³-hybridized carbons (Fsp3) is 0.364. The number of hydrogen-bond donors (Lipinski definition) is 0. The molecule has 0 heterocycles. The summed E-state index contributed by atoms with van der Waals surface area (Å²) >= 11 is 3.15. The van der Waals surface area contributed by atoms with Gasteiger partial charge < -0.3 is 4.90 Å². The molecule has 0 aliphatic rings. The zero-order valence-electron chi connectivity index (χ0n) is 9.64. The second-order valence-electron chi connectivity index (χ2n) is 3.86. The summed E-state index contributed by atoms with van der Waals surface area (Å²) in [5, 5.41) is 0. The van der Waals surface area contributed by atoms with Crippen molar-refractivity contribution in [3.05, 3.63) is 34.3 Å². The van der Waals surface area contributed by atoms with Gasteiger partial charge in [-0.1, -0.05) is 28.1 Å². The molecule has 1 amide bonds. The maximum atomic E-state index is 12.8. The van der Waals surface area contributed by atoms with Gasteiger partial charge in [0, 0.05) is 18.1 Å². The fourth-order valence-electron chi connectivity index (χ4n) is 1.30. The maximum Gasteiger partial charge on any atom is 0.463 e. The number of rotatable bonds is 3. The van der Waals surface area contributed by atoms with Gasteiger partial charge in [0.05, 0.1) is 0 Å². The SMILES string of the molecule is CN(Cc1ccc(Br)cc1)C(=O)C(F)(F)C(F)(F)F. The van der Waals surface area contributed by atoms with Gasteiger partial charge in [0.2, 0.25) is 0 Å².